The van der Waals surface area contributed by atoms with E-state index in [1.807, 2.05) is 42.2 Å². The molecular formula is C20H18ClN3O2S. The zero-order chi connectivity index (χ0) is 19.0. The highest BCUT2D eigenvalue weighted by atomic mass is 35.5. The summed E-state index contributed by atoms with van der Waals surface area (Å²) in [6.07, 6.45) is 0.876. The van der Waals surface area contributed by atoms with Crippen LogP contribution >= 0.6 is 23.4 Å². The van der Waals surface area contributed by atoms with Gasteiger partial charge < -0.3 is 9.32 Å². The number of nitrogens with zero attached hydrogens (tertiary/aromatic N) is 3. The van der Waals surface area contributed by atoms with Crippen LogP contribution in [0.3, 0.4) is 0 Å². The first-order valence-corrected chi connectivity index (χ1v) is 9.96. The summed E-state index contributed by atoms with van der Waals surface area (Å²) in [4.78, 5) is 14.9. The zero-order valence-electron chi connectivity index (χ0n) is 14.9. The van der Waals surface area contributed by atoms with Crippen LogP contribution in [0.25, 0.3) is 11.5 Å². The number of carbonyl (C=O) groups excluding carboxylic acids is 1. The van der Waals surface area contributed by atoms with Gasteiger partial charge in [0.05, 0.1) is 5.25 Å². The lowest BCUT2D eigenvalue weighted by molar-refractivity contribution is -0.118. The normalized spacial score (nSPS) is 17.0. The van der Waals surface area contributed by atoms with Crippen LogP contribution in [0, 0.1) is 0 Å². The molecule has 1 aliphatic rings. The number of fused-ring (bicyclic) bond motifs is 1. The van der Waals surface area contributed by atoms with Crippen molar-refractivity contribution >= 4 is 35.0 Å². The number of rotatable bonds is 4. The highest BCUT2D eigenvalue weighted by Gasteiger charge is 2.34. The molecule has 0 aliphatic carbocycles. The van der Waals surface area contributed by atoms with Crippen molar-refractivity contribution in [2.75, 3.05) is 4.90 Å². The second-order valence-corrected chi connectivity index (χ2v) is 8.26. The van der Waals surface area contributed by atoms with Crippen molar-refractivity contribution in [2.24, 2.45) is 0 Å². The lowest BCUT2D eigenvalue weighted by Crippen LogP contribution is -2.40. The molecule has 0 fully saturated rings. The molecule has 0 unspecified atom stereocenters. The van der Waals surface area contributed by atoms with Crippen molar-refractivity contribution < 1.29 is 9.21 Å². The van der Waals surface area contributed by atoms with E-state index < -0.39 is 0 Å². The molecule has 138 valence electrons. The van der Waals surface area contributed by atoms with E-state index in [0.717, 1.165) is 17.7 Å². The minimum atomic E-state index is -0.336. The monoisotopic (exact) mass is 399 g/mol. The molecule has 0 spiro atoms. The minimum Gasteiger partial charge on any atom is -0.411 e. The van der Waals surface area contributed by atoms with E-state index in [2.05, 4.69) is 23.2 Å². The van der Waals surface area contributed by atoms with Crippen molar-refractivity contribution in [3.8, 4) is 11.5 Å². The van der Waals surface area contributed by atoms with Gasteiger partial charge in [0.2, 0.25) is 11.8 Å². The highest BCUT2D eigenvalue weighted by Crippen LogP contribution is 2.35. The van der Waals surface area contributed by atoms with E-state index in [9.17, 15) is 4.79 Å². The number of aromatic nitrogens is 2. The quantitative estimate of drug-likeness (QED) is 0.587. The summed E-state index contributed by atoms with van der Waals surface area (Å²) in [5.74, 6) is 0.456. The number of halogens is 1. The van der Waals surface area contributed by atoms with Crippen LogP contribution in [0.15, 0.2) is 58.2 Å². The van der Waals surface area contributed by atoms with E-state index >= 15 is 0 Å². The van der Waals surface area contributed by atoms with Gasteiger partial charge in [-0.1, -0.05) is 41.6 Å². The molecule has 5 nitrogen and oxygen atoms in total. The molecule has 2 heterocycles. The predicted molar refractivity (Wildman–Crippen MR) is 107 cm³/mol. The van der Waals surface area contributed by atoms with E-state index in [0.29, 0.717) is 16.1 Å². The van der Waals surface area contributed by atoms with E-state index in [4.69, 9.17) is 16.0 Å². The van der Waals surface area contributed by atoms with Crippen LogP contribution in [-0.4, -0.2) is 27.4 Å². The molecule has 1 aromatic heterocycles. The Kier molecular flexibility index (Phi) is 4.93. The van der Waals surface area contributed by atoms with Gasteiger partial charge in [-0.15, -0.1) is 10.2 Å². The summed E-state index contributed by atoms with van der Waals surface area (Å²) >= 11 is 7.18. The van der Waals surface area contributed by atoms with Gasteiger partial charge in [-0.2, -0.15) is 0 Å². The number of para-hydroxylation sites is 1. The van der Waals surface area contributed by atoms with Gasteiger partial charge in [0.15, 0.2) is 0 Å². The van der Waals surface area contributed by atoms with Crippen molar-refractivity contribution in [3.63, 3.8) is 0 Å². The number of hydrogen-bond donors (Lipinski definition) is 0. The Bertz CT molecular complexity index is 973. The first kappa shape index (κ1) is 18.1. The van der Waals surface area contributed by atoms with Crippen LogP contribution < -0.4 is 4.90 Å². The van der Waals surface area contributed by atoms with Gasteiger partial charge in [-0.3, -0.25) is 4.79 Å². The van der Waals surface area contributed by atoms with Gasteiger partial charge in [-0.25, -0.2) is 0 Å². The number of amides is 1. The summed E-state index contributed by atoms with van der Waals surface area (Å²) in [6, 6.07) is 15.4. The maximum absolute atomic E-state index is 13.0. The predicted octanol–water partition coefficient (Wildman–Crippen LogP) is 4.85. The Hall–Kier alpha value is -2.31. The molecule has 0 bridgehead atoms. The average Bonchev–Trinajstić information content (AvgIpc) is 3.25. The lowest BCUT2D eigenvalue weighted by atomic mass is 10.1. The van der Waals surface area contributed by atoms with Crippen LogP contribution in [-0.2, 0) is 11.2 Å². The molecule has 1 aliphatic heterocycles. The topological polar surface area (TPSA) is 59.2 Å². The molecule has 7 heteroatoms. The summed E-state index contributed by atoms with van der Waals surface area (Å²) in [5, 5.41) is 8.83. The molecule has 2 aromatic carbocycles. The molecule has 0 N–H and O–H groups in total. The van der Waals surface area contributed by atoms with Gasteiger partial charge in [0, 0.05) is 22.3 Å². The first-order valence-electron chi connectivity index (χ1n) is 8.70. The largest absolute Gasteiger partial charge is 0.411 e. The van der Waals surface area contributed by atoms with Gasteiger partial charge in [0.1, 0.15) is 0 Å². The van der Waals surface area contributed by atoms with Crippen LogP contribution in [0.2, 0.25) is 5.02 Å². The zero-order valence-corrected chi connectivity index (χ0v) is 16.5. The number of benzene rings is 2. The minimum absolute atomic E-state index is 0.0451. The van der Waals surface area contributed by atoms with Gasteiger partial charge in [-0.05, 0) is 56.2 Å². The maximum atomic E-state index is 13.0. The van der Waals surface area contributed by atoms with Crippen LogP contribution in [0.4, 0.5) is 5.69 Å². The molecule has 27 heavy (non-hydrogen) atoms. The average molecular weight is 400 g/mol. The Labute approximate surface area is 166 Å². The van der Waals surface area contributed by atoms with Gasteiger partial charge >= 0.3 is 0 Å². The second kappa shape index (κ2) is 7.37. The molecule has 3 aromatic rings. The van der Waals surface area contributed by atoms with E-state index in [1.165, 1.54) is 17.3 Å². The SMILES string of the molecule is C[C@H](Sc1nnc(-c2ccc(Cl)cc2)o1)C(=O)N1c2ccccc2C[C@H]1C. The summed E-state index contributed by atoms with van der Waals surface area (Å²) in [6.45, 7) is 3.94. The van der Waals surface area contributed by atoms with Crippen molar-refractivity contribution in [1.29, 1.82) is 0 Å². The van der Waals surface area contributed by atoms with Crippen molar-refractivity contribution in [1.82, 2.24) is 10.2 Å². The molecule has 0 radical (unpaired) electrons. The van der Waals surface area contributed by atoms with Crippen LogP contribution in [0.1, 0.15) is 19.4 Å². The molecule has 4 rings (SSSR count). The Balaban J connectivity index is 1.49. The number of carbonyl (C=O) groups is 1. The van der Waals surface area contributed by atoms with Crippen molar-refractivity contribution in [3.05, 3.63) is 59.1 Å². The Morgan fingerprint density at radius 1 is 1.22 bits per heavy atom. The Morgan fingerprint density at radius 3 is 2.74 bits per heavy atom. The van der Waals surface area contributed by atoms with Crippen molar-refractivity contribution in [2.45, 2.75) is 36.8 Å². The summed E-state index contributed by atoms with van der Waals surface area (Å²) < 4.78 is 5.72. The number of hydrogen-bond acceptors (Lipinski definition) is 5. The maximum Gasteiger partial charge on any atom is 0.277 e. The molecule has 0 saturated heterocycles. The number of thioether (sulfide) groups is 1. The smallest absolute Gasteiger partial charge is 0.277 e. The first-order chi connectivity index (χ1) is 13.0. The molecular weight excluding hydrogens is 382 g/mol. The Morgan fingerprint density at radius 2 is 1.96 bits per heavy atom. The molecule has 2 atom stereocenters. The summed E-state index contributed by atoms with van der Waals surface area (Å²) in [5.41, 5.74) is 2.99. The summed E-state index contributed by atoms with van der Waals surface area (Å²) in [7, 11) is 0. The highest BCUT2D eigenvalue weighted by molar-refractivity contribution is 8.00. The van der Waals surface area contributed by atoms with Crippen LogP contribution in [0.5, 0.6) is 0 Å². The fraction of sp³-hybridized carbons (Fsp3) is 0.250. The fourth-order valence-electron chi connectivity index (χ4n) is 3.27. The molecule has 1 amide bonds. The third-order valence-corrected chi connectivity index (χ3v) is 5.74. The third-order valence-electron chi connectivity index (χ3n) is 4.57. The fourth-order valence-corrected chi connectivity index (χ4v) is 4.12. The molecule has 0 saturated carbocycles. The standard InChI is InChI=1S/C20H18ClN3O2S/c1-12-11-15-5-3-4-6-17(15)24(12)19(25)13(2)27-20-23-22-18(26-20)14-7-9-16(21)10-8-14/h3-10,12-13H,11H2,1-2H3/t12-,13+/m1/s1. The lowest BCUT2D eigenvalue weighted by Gasteiger charge is -2.25. The second-order valence-electron chi connectivity index (χ2n) is 6.53. The van der Waals surface area contributed by atoms with E-state index in [-0.39, 0.29) is 17.2 Å². The van der Waals surface area contributed by atoms with Gasteiger partial charge in [0.25, 0.3) is 5.22 Å². The third kappa shape index (κ3) is 3.59. The number of anilines is 1. The van der Waals surface area contributed by atoms with E-state index in [1.54, 1.807) is 12.1 Å².